The molecule has 3 N–H and O–H groups in total. The van der Waals surface area contributed by atoms with Crippen LogP contribution in [-0.4, -0.2) is 47.4 Å². The first-order valence-electron chi connectivity index (χ1n) is 7.61. The quantitative estimate of drug-likeness (QED) is 0.748. The van der Waals surface area contributed by atoms with Crippen molar-refractivity contribution in [1.82, 2.24) is 4.31 Å². The van der Waals surface area contributed by atoms with E-state index in [1.807, 2.05) is 0 Å². The second kappa shape index (κ2) is 7.73. The maximum Gasteiger partial charge on any atom is 0.425 e. The second-order valence-corrected chi connectivity index (χ2v) is 8.43. The number of carbonyl (C=O) groups excluding carboxylic acids is 2. The van der Waals surface area contributed by atoms with Gasteiger partial charge in [0, 0.05) is 0 Å². The molecule has 0 bridgehead atoms. The van der Waals surface area contributed by atoms with E-state index in [0.717, 1.165) is 5.56 Å². The van der Waals surface area contributed by atoms with Crippen molar-refractivity contribution in [3.63, 3.8) is 0 Å². The molecule has 0 spiro atoms. The van der Waals surface area contributed by atoms with Gasteiger partial charge in [-0.25, -0.2) is 18.0 Å². The van der Waals surface area contributed by atoms with Crippen molar-refractivity contribution in [2.24, 2.45) is 5.73 Å². The second-order valence-electron chi connectivity index (χ2n) is 6.62. The average molecular weight is 386 g/mol. The van der Waals surface area contributed by atoms with Gasteiger partial charge in [-0.05, 0) is 39.8 Å². The van der Waals surface area contributed by atoms with Crippen molar-refractivity contribution in [2.45, 2.75) is 50.7 Å². The first-order valence-corrected chi connectivity index (χ1v) is 9.05. The average Bonchev–Trinajstić information content (AvgIpc) is 2.44. The monoisotopic (exact) mass is 386 g/mol. The van der Waals surface area contributed by atoms with Crippen LogP contribution < -0.4 is 5.73 Å². The van der Waals surface area contributed by atoms with Crippen molar-refractivity contribution < 1.29 is 32.6 Å². The Morgan fingerprint density at radius 3 is 2.08 bits per heavy atom. The van der Waals surface area contributed by atoms with Crippen LogP contribution in [0, 0.1) is 6.92 Å². The predicted octanol–water partition coefficient (Wildman–Crippen LogP) is 1.25. The SMILES string of the molecule is Cc1ccc(S(=O)(=O)N(C(=O)OC(C)(C)C)[C@@H](CC(N)=O)C(=O)O)cc1. The minimum atomic E-state index is -4.61. The van der Waals surface area contributed by atoms with Gasteiger partial charge in [-0.2, -0.15) is 4.31 Å². The highest BCUT2D eigenvalue weighted by Crippen LogP contribution is 2.23. The van der Waals surface area contributed by atoms with Crippen molar-refractivity contribution in [1.29, 1.82) is 0 Å². The maximum atomic E-state index is 12.9. The number of sulfonamides is 1. The normalized spacial score (nSPS) is 12.9. The molecule has 1 aromatic rings. The van der Waals surface area contributed by atoms with Gasteiger partial charge in [0.2, 0.25) is 5.91 Å². The summed E-state index contributed by atoms with van der Waals surface area (Å²) < 4.78 is 30.9. The molecule has 26 heavy (non-hydrogen) atoms. The molecule has 0 aliphatic rings. The number of amides is 2. The molecule has 0 fully saturated rings. The largest absolute Gasteiger partial charge is 0.480 e. The molecule has 0 aromatic heterocycles. The highest BCUT2D eigenvalue weighted by molar-refractivity contribution is 7.89. The molecule has 0 aliphatic heterocycles. The molecular formula is C16H22N2O7S. The molecule has 1 rings (SSSR count). The fourth-order valence-electron chi connectivity index (χ4n) is 1.98. The van der Waals surface area contributed by atoms with Crippen LogP contribution in [0.1, 0.15) is 32.8 Å². The lowest BCUT2D eigenvalue weighted by molar-refractivity contribution is -0.143. The summed E-state index contributed by atoms with van der Waals surface area (Å²) in [6, 6.07) is 3.40. The summed E-state index contributed by atoms with van der Waals surface area (Å²) in [5.41, 5.74) is 4.70. The van der Waals surface area contributed by atoms with Crippen molar-refractivity contribution in [3.05, 3.63) is 29.8 Å². The highest BCUT2D eigenvalue weighted by atomic mass is 32.2. The minimum Gasteiger partial charge on any atom is -0.480 e. The Hall–Kier alpha value is -2.62. The molecule has 0 unspecified atom stereocenters. The summed E-state index contributed by atoms with van der Waals surface area (Å²) in [5.74, 6) is -2.78. The molecule has 0 heterocycles. The minimum absolute atomic E-state index is 0.0516. The van der Waals surface area contributed by atoms with E-state index >= 15 is 0 Å². The lowest BCUT2D eigenvalue weighted by Crippen LogP contribution is -2.51. The van der Waals surface area contributed by atoms with Crippen LogP contribution in [0.3, 0.4) is 0 Å². The van der Waals surface area contributed by atoms with E-state index in [4.69, 9.17) is 10.5 Å². The zero-order valence-corrected chi connectivity index (χ0v) is 15.7. The summed E-state index contributed by atoms with van der Waals surface area (Å²) in [5, 5.41) is 9.37. The fourth-order valence-corrected chi connectivity index (χ4v) is 3.43. The summed E-state index contributed by atoms with van der Waals surface area (Å²) in [6.07, 6.45) is -2.30. The van der Waals surface area contributed by atoms with Crippen LogP contribution in [0.5, 0.6) is 0 Å². The standard InChI is InChI=1S/C16H22N2O7S/c1-10-5-7-11(8-6-10)26(23,24)18(15(22)25-16(2,3)4)12(14(20)21)9-13(17)19/h5-8,12H,9H2,1-4H3,(H2,17,19)(H,20,21)/t12-/m0/s1. The Labute approximate surface area is 151 Å². The predicted molar refractivity (Wildman–Crippen MR) is 91.7 cm³/mol. The lowest BCUT2D eigenvalue weighted by atomic mass is 10.2. The van der Waals surface area contributed by atoms with Gasteiger partial charge in [0.25, 0.3) is 10.0 Å². The summed E-state index contributed by atoms with van der Waals surface area (Å²) in [7, 11) is -4.61. The molecule has 1 atom stereocenters. The van der Waals surface area contributed by atoms with Gasteiger partial charge in [-0.15, -0.1) is 0 Å². The van der Waals surface area contributed by atoms with Gasteiger partial charge >= 0.3 is 12.1 Å². The number of aryl methyl sites for hydroxylation is 1. The number of benzene rings is 1. The van der Waals surface area contributed by atoms with E-state index in [1.54, 1.807) is 6.92 Å². The van der Waals surface area contributed by atoms with Crippen LogP contribution in [-0.2, 0) is 24.3 Å². The van der Waals surface area contributed by atoms with Crippen molar-refractivity contribution in [2.75, 3.05) is 0 Å². The number of nitrogens with zero attached hydrogens (tertiary/aromatic N) is 1. The number of carboxylic acid groups (broad SMARTS) is 1. The van der Waals surface area contributed by atoms with Gasteiger partial charge < -0.3 is 15.6 Å². The topological polar surface area (TPSA) is 144 Å². The summed E-state index contributed by atoms with van der Waals surface area (Å²) in [6.45, 7) is 6.21. The number of carbonyl (C=O) groups is 3. The zero-order chi connectivity index (χ0) is 20.3. The number of aliphatic carboxylic acids is 1. The van der Waals surface area contributed by atoms with Crippen molar-refractivity contribution >= 4 is 28.0 Å². The Morgan fingerprint density at radius 1 is 1.19 bits per heavy atom. The molecule has 0 aliphatic carbocycles. The smallest absolute Gasteiger partial charge is 0.425 e. The molecule has 2 amide bonds. The molecule has 9 nitrogen and oxygen atoms in total. The first-order chi connectivity index (χ1) is 11.8. The van der Waals surface area contributed by atoms with E-state index in [9.17, 15) is 27.9 Å². The van der Waals surface area contributed by atoms with Crippen LogP contribution in [0.25, 0.3) is 0 Å². The van der Waals surface area contributed by atoms with Gasteiger partial charge in [0.1, 0.15) is 5.60 Å². The molecule has 1 aromatic carbocycles. The number of nitrogens with two attached hydrogens (primary N) is 1. The third-order valence-corrected chi connectivity index (χ3v) is 4.90. The zero-order valence-electron chi connectivity index (χ0n) is 14.9. The fraction of sp³-hybridized carbons (Fsp3) is 0.438. The highest BCUT2D eigenvalue weighted by Gasteiger charge is 2.43. The number of primary amides is 1. The van der Waals surface area contributed by atoms with E-state index in [0.29, 0.717) is 0 Å². The Bertz CT molecular complexity index is 795. The molecule has 0 saturated heterocycles. The summed E-state index contributed by atoms with van der Waals surface area (Å²) >= 11 is 0. The third kappa shape index (κ3) is 5.45. The van der Waals surface area contributed by atoms with Crippen LogP contribution in [0.2, 0.25) is 0 Å². The van der Waals surface area contributed by atoms with E-state index < -0.39 is 46.1 Å². The summed E-state index contributed by atoms with van der Waals surface area (Å²) in [4.78, 5) is 34.9. The Morgan fingerprint density at radius 2 is 1.69 bits per heavy atom. The van der Waals surface area contributed by atoms with E-state index in [-0.39, 0.29) is 9.20 Å². The number of ether oxygens (including phenoxy) is 1. The third-order valence-electron chi connectivity index (χ3n) is 3.11. The Kier molecular flexibility index (Phi) is 6.37. The first kappa shape index (κ1) is 21.4. The number of carboxylic acids is 1. The lowest BCUT2D eigenvalue weighted by Gasteiger charge is -2.30. The van der Waals surface area contributed by atoms with Gasteiger partial charge in [0.15, 0.2) is 6.04 Å². The van der Waals surface area contributed by atoms with E-state index in [1.165, 1.54) is 45.0 Å². The van der Waals surface area contributed by atoms with Crippen LogP contribution in [0.15, 0.2) is 29.2 Å². The number of hydrogen-bond donors (Lipinski definition) is 2. The van der Waals surface area contributed by atoms with Crippen LogP contribution >= 0.6 is 0 Å². The number of hydrogen-bond acceptors (Lipinski definition) is 6. The van der Waals surface area contributed by atoms with Crippen LogP contribution in [0.4, 0.5) is 4.79 Å². The molecule has 0 saturated carbocycles. The van der Waals surface area contributed by atoms with E-state index in [2.05, 4.69) is 0 Å². The van der Waals surface area contributed by atoms with Gasteiger partial charge in [-0.1, -0.05) is 17.7 Å². The molecule has 10 heteroatoms. The molecule has 0 radical (unpaired) electrons. The molecule has 144 valence electrons. The van der Waals surface area contributed by atoms with Crippen molar-refractivity contribution in [3.8, 4) is 0 Å². The van der Waals surface area contributed by atoms with Gasteiger partial charge in [-0.3, -0.25) is 4.79 Å². The maximum absolute atomic E-state index is 12.9. The number of rotatable bonds is 6. The van der Waals surface area contributed by atoms with Gasteiger partial charge in [0.05, 0.1) is 11.3 Å². The molecular weight excluding hydrogens is 364 g/mol. The Balaban J connectivity index is 3.51.